The Bertz CT molecular complexity index is 774. The van der Waals surface area contributed by atoms with Crippen LogP contribution in [0.15, 0.2) is 47.4 Å². The van der Waals surface area contributed by atoms with Gasteiger partial charge in [0.25, 0.3) is 0 Å². The van der Waals surface area contributed by atoms with Crippen LogP contribution in [-0.4, -0.2) is 29.2 Å². The summed E-state index contributed by atoms with van der Waals surface area (Å²) in [6.45, 7) is 1.47. The minimum Gasteiger partial charge on any atom is -0.493 e. The third kappa shape index (κ3) is 4.95. The molecule has 0 aromatic heterocycles. The van der Waals surface area contributed by atoms with Crippen molar-refractivity contribution in [3.63, 3.8) is 0 Å². The second-order valence-corrected chi connectivity index (χ2v) is 6.87. The fourth-order valence-corrected chi connectivity index (χ4v) is 2.82. The molecule has 0 aliphatic heterocycles. The zero-order chi connectivity index (χ0) is 17.6. The van der Waals surface area contributed by atoms with Gasteiger partial charge in [0.15, 0.2) is 11.5 Å². The molecule has 0 heterocycles. The minimum atomic E-state index is -3.63. The molecule has 24 heavy (non-hydrogen) atoms. The molecule has 6 nitrogen and oxygen atoms in total. The molecule has 0 amide bonds. The smallest absolute Gasteiger partial charge is 0.238 e. The van der Waals surface area contributed by atoms with E-state index < -0.39 is 10.0 Å². The summed E-state index contributed by atoms with van der Waals surface area (Å²) in [6.07, 6.45) is 0.790. The molecule has 0 radical (unpaired) electrons. The van der Waals surface area contributed by atoms with Crippen molar-refractivity contribution >= 4 is 10.0 Å². The van der Waals surface area contributed by atoms with Crippen LogP contribution in [0.4, 0.5) is 0 Å². The molecule has 0 aliphatic rings. The molecule has 0 fully saturated rings. The average molecular weight is 350 g/mol. The number of benzene rings is 2. The van der Waals surface area contributed by atoms with Gasteiger partial charge >= 0.3 is 0 Å². The van der Waals surface area contributed by atoms with E-state index in [0.717, 1.165) is 24.1 Å². The zero-order valence-corrected chi connectivity index (χ0v) is 14.6. The van der Waals surface area contributed by atoms with Gasteiger partial charge in [0, 0.05) is 6.54 Å². The molecule has 0 saturated heterocycles. The van der Waals surface area contributed by atoms with E-state index in [9.17, 15) is 8.42 Å². The molecule has 0 aliphatic carbocycles. The minimum absolute atomic E-state index is 0.129. The van der Waals surface area contributed by atoms with Crippen molar-refractivity contribution in [1.29, 1.82) is 0 Å². The maximum absolute atomic E-state index is 11.2. The van der Waals surface area contributed by atoms with E-state index in [-0.39, 0.29) is 4.90 Å². The Morgan fingerprint density at radius 3 is 2.17 bits per heavy atom. The van der Waals surface area contributed by atoms with Gasteiger partial charge in [0.2, 0.25) is 10.0 Å². The van der Waals surface area contributed by atoms with E-state index in [1.165, 1.54) is 12.1 Å². The first kappa shape index (κ1) is 18.3. The van der Waals surface area contributed by atoms with Crippen molar-refractivity contribution in [1.82, 2.24) is 5.32 Å². The summed E-state index contributed by atoms with van der Waals surface area (Å²) in [5.74, 6) is 1.41. The highest BCUT2D eigenvalue weighted by molar-refractivity contribution is 7.89. The molecule has 0 bridgehead atoms. The van der Waals surface area contributed by atoms with Gasteiger partial charge in [-0.15, -0.1) is 0 Å². The molecule has 0 saturated carbocycles. The van der Waals surface area contributed by atoms with Crippen LogP contribution in [0.3, 0.4) is 0 Å². The number of methoxy groups -OCH3 is 2. The van der Waals surface area contributed by atoms with Crippen LogP contribution >= 0.6 is 0 Å². The van der Waals surface area contributed by atoms with E-state index in [0.29, 0.717) is 18.0 Å². The molecule has 2 rings (SSSR count). The molecular weight excluding hydrogens is 328 g/mol. The number of rotatable bonds is 8. The number of primary sulfonamides is 1. The number of nitrogens with one attached hydrogen (secondary N) is 1. The predicted octanol–water partition coefficient (Wildman–Crippen LogP) is 1.68. The van der Waals surface area contributed by atoms with Crippen LogP contribution in [0.2, 0.25) is 0 Å². The van der Waals surface area contributed by atoms with Crippen LogP contribution in [-0.2, 0) is 23.0 Å². The summed E-state index contributed by atoms with van der Waals surface area (Å²) in [4.78, 5) is 0.129. The first-order valence-electron chi connectivity index (χ1n) is 7.47. The first-order chi connectivity index (χ1) is 11.4. The Morgan fingerprint density at radius 2 is 1.58 bits per heavy atom. The van der Waals surface area contributed by atoms with E-state index in [1.54, 1.807) is 26.4 Å². The summed E-state index contributed by atoms with van der Waals surface area (Å²) in [5.41, 5.74) is 2.14. The molecule has 130 valence electrons. The lowest BCUT2D eigenvalue weighted by Gasteiger charge is -2.10. The van der Waals surface area contributed by atoms with Crippen molar-refractivity contribution in [2.45, 2.75) is 17.9 Å². The van der Waals surface area contributed by atoms with Crippen molar-refractivity contribution < 1.29 is 17.9 Å². The van der Waals surface area contributed by atoms with Crippen LogP contribution in [0.1, 0.15) is 11.1 Å². The normalized spacial score (nSPS) is 11.3. The maximum atomic E-state index is 11.2. The van der Waals surface area contributed by atoms with Gasteiger partial charge in [-0.2, -0.15) is 0 Å². The highest BCUT2D eigenvalue weighted by atomic mass is 32.2. The van der Waals surface area contributed by atoms with Crippen molar-refractivity contribution in [2.75, 3.05) is 20.8 Å². The number of hydrogen-bond acceptors (Lipinski definition) is 5. The quantitative estimate of drug-likeness (QED) is 0.707. The van der Waals surface area contributed by atoms with Crippen LogP contribution < -0.4 is 19.9 Å². The van der Waals surface area contributed by atoms with E-state index in [1.807, 2.05) is 18.2 Å². The van der Waals surface area contributed by atoms with Gasteiger partial charge in [-0.05, 0) is 48.4 Å². The molecule has 0 atom stereocenters. The third-order valence-electron chi connectivity index (χ3n) is 3.62. The average Bonchev–Trinajstić information content (AvgIpc) is 2.58. The summed E-state index contributed by atoms with van der Waals surface area (Å²) >= 11 is 0. The number of sulfonamides is 1. The third-order valence-corrected chi connectivity index (χ3v) is 4.55. The lowest BCUT2D eigenvalue weighted by Crippen LogP contribution is -2.17. The van der Waals surface area contributed by atoms with Gasteiger partial charge in [-0.25, -0.2) is 13.6 Å². The molecule has 3 N–H and O–H groups in total. The summed E-state index contributed by atoms with van der Waals surface area (Å²) in [5, 5.41) is 8.42. The van der Waals surface area contributed by atoms with Crippen LogP contribution in [0, 0.1) is 0 Å². The lowest BCUT2D eigenvalue weighted by atomic mass is 10.1. The second kappa shape index (κ2) is 8.14. The summed E-state index contributed by atoms with van der Waals surface area (Å²) in [6, 6.07) is 12.4. The molecule has 2 aromatic carbocycles. The lowest BCUT2D eigenvalue weighted by molar-refractivity contribution is 0.354. The fourth-order valence-electron chi connectivity index (χ4n) is 2.30. The van der Waals surface area contributed by atoms with Crippen molar-refractivity contribution in [3.05, 3.63) is 53.6 Å². The van der Waals surface area contributed by atoms with Gasteiger partial charge in [-0.3, -0.25) is 0 Å². The van der Waals surface area contributed by atoms with Crippen LogP contribution in [0.5, 0.6) is 11.5 Å². The summed E-state index contributed by atoms with van der Waals surface area (Å²) in [7, 11) is -0.411. The fraction of sp³-hybridized carbons (Fsp3) is 0.294. The monoisotopic (exact) mass is 350 g/mol. The number of ether oxygens (including phenoxy) is 2. The topological polar surface area (TPSA) is 90.6 Å². The van der Waals surface area contributed by atoms with E-state index in [4.69, 9.17) is 14.6 Å². The molecule has 2 aromatic rings. The molecular formula is C17H22N2O4S. The highest BCUT2D eigenvalue weighted by Crippen LogP contribution is 2.27. The predicted molar refractivity (Wildman–Crippen MR) is 92.8 cm³/mol. The first-order valence-corrected chi connectivity index (χ1v) is 9.02. The SMILES string of the molecule is COc1ccc(CNCCc2ccc(S(N)(=O)=O)cc2)cc1OC. The summed E-state index contributed by atoms with van der Waals surface area (Å²) < 4.78 is 32.9. The van der Waals surface area contributed by atoms with Gasteiger partial charge in [-0.1, -0.05) is 18.2 Å². The second-order valence-electron chi connectivity index (χ2n) is 5.31. The Hall–Kier alpha value is -2.09. The largest absolute Gasteiger partial charge is 0.493 e. The Balaban J connectivity index is 1.85. The molecule has 0 spiro atoms. The molecule has 7 heteroatoms. The zero-order valence-electron chi connectivity index (χ0n) is 13.8. The van der Waals surface area contributed by atoms with Crippen LogP contribution in [0.25, 0.3) is 0 Å². The van der Waals surface area contributed by atoms with Crippen molar-refractivity contribution in [2.24, 2.45) is 5.14 Å². The van der Waals surface area contributed by atoms with Gasteiger partial charge in [0.1, 0.15) is 0 Å². The Labute approximate surface area is 142 Å². The number of nitrogens with two attached hydrogens (primary N) is 1. The van der Waals surface area contributed by atoms with E-state index in [2.05, 4.69) is 5.32 Å². The Kier molecular flexibility index (Phi) is 6.19. The van der Waals surface area contributed by atoms with Gasteiger partial charge in [0.05, 0.1) is 19.1 Å². The standard InChI is InChI=1S/C17H22N2O4S/c1-22-16-8-5-14(11-17(16)23-2)12-19-10-9-13-3-6-15(7-4-13)24(18,20)21/h3-8,11,19H,9-10,12H2,1-2H3,(H2,18,20,21). The highest BCUT2D eigenvalue weighted by Gasteiger charge is 2.07. The maximum Gasteiger partial charge on any atom is 0.238 e. The van der Waals surface area contributed by atoms with Gasteiger partial charge < -0.3 is 14.8 Å². The van der Waals surface area contributed by atoms with Crippen molar-refractivity contribution in [3.8, 4) is 11.5 Å². The Morgan fingerprint density at radius 1 is 0.958 bits per heavy atom. The molecule has 0 unspecified atom stereocenters. The number of hydrogen-bond donors (Lipinski definition) is 2. The van der Waals surface area contributed by atoms with E-state index >= 15 is 0 Å².